The molecule has 1 saturated carbocycles. The molecular formula is C16H25N5O. The van der Waals surface area contributed by atoms with E-state index in [-0.39, 0.29) is 11.3 Å². The van der Waals surface area contributed by atoms with E-state index in [1.165, 1.54) is 19.4 Å². The minimum absolute atomic E-state index is 0.0452. The lowest BCUT2D eigenvalue weighted by Crippen LogP contribution is -2.50. The first-order chi connectivity index (χ1) is 10.6. The van der Waals surface area contributed by atoms with E-state index in [1.54, 1.807) is 6.92 Å². The largest absolute Gasteiger partial charge is 0.342 e. The van der Waals surface area contributed by atoms with E-state index in [4.69, 9.17) is 0 Å². The van der Waals surface area contributed by atoms with Crippen LogP contribution in [0.1, 0.15) is 37.8 Å². The molecule has 2 saturated heterocycles. The first kappa shape index (κ1) is 14.2. The van der Waals surface area contributed by atoms with Crippen LogP contribution in [-0.2, 0) is 10.2 Å². The molecule has 120 valence electrons. The van der Waals surface area contributed by atoms with Crippen LogP contribution in [0.25, 0.3) is 0 Å². The van der Waals surface area contributed by atoms with E-state index in [0.717, 1.165) is 50.2 Å². The predicted molar refractivity (Wildman–Crippen MR) is 82.3 cm³/mol. The van der Waals surface area contributed by atoms with E-state index in [0.29, 0.717) is 5.92 Å². The van der Waals surface area contributed by atoms with Crippen LogP contribution in [0.3, 0.4) is 0 Å². The summed E-state index contributed by atoms with van der Waals surface area (Å²) in [6.07, 6.45) is 3.85. The SMILES string of the molecule is CC(=O)N1C[C@H]2CN(CC3CC3)CC[C@@]2(c2n[nH]c(C)n2)C1. The number of carbonyl (C=O) groups excluding carboxylic acids is 1. The quantitative estimate of drug-likeness (QED) is 0.903. The van der Waals surface area contributed by atoms with Gasteiger partial charge in [-0.25, -0.2) is 4.98 Å². The number of nitrogens with zero attached hydrogens (tertiary/aromatic N) is 4. The van der Waals surface area contributed by atoms with Gasteiger partial charge in [0.15, 0.2) is 5.82 Å². The van der Waals surface area contributed by atoms with Crippen LogP contribution in [-0.4, -0.2) is 63.6 Å². The third-order valence-electron chi connectivity index (χ3n) is 5.75. The molecule has 2 atom stereocenters. The van der Waals surface area contributed by atoms with Crippen LogP contribution in [0.2, 0.25) is 0 Å². The molecule has 1 aliphatic carbocycles. The molecule has 4 rings (SSSR count). The summed E-state index contributed by atoms with van der Waals surface area (Å²) < 4.78 is 0. The Kier molecular flexibility index (Phi) is 3.25. The lowest BCUT2D eigenvalue weighted by atomic mass is 9.72. The maximum atomic E-state index is 11.9. The zero-order valence-electron chi connectivity index (χ0n) is 13.5. The smallest absolute Gasteiger partial charge is 0.219 e. The van der Waals surface area contributed by atoms with Gasteiger partial charge in [-0.05, 0) is 38.6 Å². The Morgan fingerprint density at radius 3 is 2.86 bits per heavy atom. The molecule has 0 bridgehead atoms. The number of nitrogens with one attached hydrogen (secondary N) is 1. The molecule has 6 nitrogen and oxygen atoms in total. The second kappa shape index (κ2) is 5.05. The summed E-state index contributed by atoms with van der Waals surface area (Å²) in [7, 11) is 0. The van der Waals surface area contributed by atoms with Crippen LogP contribution in [0, 0.1) is 18.8 Å². The van der Waals surface area contributed by atoms with Crippen LogP contribution in [0.4, 0.5) is 0 Å². The zero-order chi connectivity index (χ0) is 15.3. The van der Waals surface area contributed by atoms with Crippen LogP contribution in [0.5, 0.6) is 0 Å². The summed E-state index contributed by atoms with van der Waals surface area (Å²) >= 11 is 0. The van der Waals surface area contributed by atoms with Crippen LogP contribution < -0.4 is 0 Å². The second-order valence-electron chi connectivity index (χ2n) is 7.45. The molecule has 3 heterocycles. The summed E-state index contributed by atoms with van der Waals surface area (Å²) in [5, 5.41) is 7.47. The van der Waals surface area contributed by atoms with Gasteiger partial charge in [-0.1, -0.05) is 0 Å². The fourth-order valence-corrected chi connectivity index (χ4v) is 4.25. The van der Waals surface area contributed by atoms with Gasteiger partial charge in [-0.2, -0.15) is 5.10 Å². The summed E-state index contributed by atoms with van der Waals surface area (Å²) in [6, 6.07) is 0. The first-order valence-electron chi connectivity index (χ1n) is 8.44. The van der Waals surface area contributed by atoms with Crippen molar-refractivity contribution in [2.75, 3.05) is 32.7 Å². The van der Waals surface area contributed by atoms with Crippen molar-refractivity contribution in [3.63, 3.8) is 0 Å². The highest BCUT2D eigenvalue weighted by Gasteiger charge is 2.53. The predicted octanol–water partition coefficient (Wildman–Crippen LogP) is 0.945. The van der Waals surface area contributed by atoms with Gasteiger partial charge in [0.05, 0.1) is 5.41 Å². The average Bonchev–Trinajstić information content (AvgIpc) is 3.03. The third-order valence-corrected chi connectivity index (χ3v) is 5.75. The van der Waals surface area contributed by atoms with Crippen molar-refractivity contribution >= 4 is 5.91 Å². The molecule has 0 spiro atoms. The lowest BCUT2D eigenvalue weighted by Gasteiger charge is -2.41. The van der Waals surface area contributed by atoms with Gasteiger partial charge in [-0.3, -0.25) is 9.89 Å². The number of aromatic amines is 1. The summed E-state index contributed by atoms with van der Waals surface area (Å²) in [6.45, 7) is 8.67. The Morgan fingerprint density at radius 2 is 2.23 bits per heavy atom. The minimum atomic E-state index is -0.0452. The van der Waals surface area contributed by atoms with Crippen molar-refractivity contribution in [3.8, 4) is 0 Å². The molecule has 3 fully saturated rings. The Hall–Kier alpha value is -1.43. The number of H-pyrrole nitrogens is 1. The van der Waals surface area contributed by atoms with E-state index < -0.39 is 0 Å². The number of piperidine rings is 1. The molecule has 0 unspecified atom stereocenters. The lowest BCUT2D eigenvalue weighted by molar-refractivity contribution is -0.128. The fourth-order valence-electron chi connectivity index (χ4n) is 4.25. The Bertz CT molecular complexity index is 581. The van der Waals surface area contributed by atoms with Crippen molar-refractivity contribution in [2.24, 2.45) is 11.8 Å². The molecule has 1 N–H and O–H groups in total. The number of carbonyl (C=O) groups is 1. The van der Waals surface area contributed by atoms with Crippen LogP contribution >= 0.6 is 0 Å². The van der Waals surface area contributed by atoms with Crippen molar-refractivity contribution in [2.45, 2.75) is 38.5 Å². The summed E-state index contributed by atoms with van der Waals surface area (Å²) in [5.74, 6) is 3.34. The van der Waals surface area contributed by atoms with Crippen molar-refractivity contribution < 1.29 is 4.79 Å². The Morgan fingerprint density at radius 1 is 1.41 bits per heavy atom. The minimum Gasteiger partial charge on any atom is -0.342 e. The van der Waals surface area contributed by atoms with Gasteiger partial charge in [0, 0.05) is 39.0 Å². The number of aryl methyl sites for hydroxylation is 1. The number of hydrogen-bond acceptors (Lipinski definition) is 4. The van der Waals surface area contributed by atoms with E-state index in [2.05, 4.69) is 20.1 Å². The third kappa shape index (κ3) is 2.33. The van der Waals surface area contributed by atoms with Gasteiger partial charge in [0.25, 0.3) is 0 Å². The van der Waals surface area contributed by atoms with Crippen LogP contribution in [0.15, 0.2) is 0 Å². The number of rotatable bonds is 3. The maximum absolute atomic E-state index is 11.9. The number of hydrogen-bond donors (Lipinski definition) is 1. The monoisotopic (exact) mass is 303 g/mol. The highest BCUT2D eigenvalue weighted by atomic mass is 16.2. The first-order valence-corrected chi connectivity index (χ1v) is 8.44. The van der Waals surface area contributed by atoms with Crippen molar-refractivity contribution in [1.29, 1.82) is 0 Å². The molecule has 22 heavy (non-hydrogen) atoms. The highest BCUT2D eigenvalue weighted by molar-refractivity contribution is 5.74. The van der Waals surface area contributed by atoms with E-state index in [1.807, 2.05) is 11.8 Å². The topological polar surface area (TPSA) is 65.1 Å². The van der Waals surface area contributed by atoms with Crippen molar-refractivity contribution in [3.05, 3.63) is 11.6 Å². The summed E-state index contributed by atoms with van der Waals surface area (Å²) in [4.78, 5) is 21.1. The maximum Gasteiger partial charge on any atom is 0.219 e. The normalized spacial score (nSPS) is 32.3. The molecule has 1 aromatic heterocycles. The molecule has 0 aromatic carbocycles. The summed E-state index contributed by atoms with van der Waals surface area (Å²) in [5.41, 5.74) is -0.0452. The van der Waals surface area contributed by atoms with E-state index in [9.17, 15) is 4.79 Å². The Labute approximate surface area is 131 Å². The molecule has 2 aliphatic heterocycles. The molecule has 6 heteroatoms. The second-order valence-corrected chi connectivity index (χ2v) is 7.45. The standard InChI is InChI=1S/C16H25N5O/c1-11-17-15(19-18-11)16-5-6-20(7-13-3-4-13)8-14(16)9-21(10-16)12(2)22/h13-14H,3-10H2,1-2H3,(H,17,18,19)/t14-,16-/m1/s1. The van der Waals surface area contributed by atoms with Crippen molar-refractivity contribution in [1.82, 2.24) is 25.0 Å². The highest BCUT2D eigenvalue weighted by Crippen LogP contribution is 2.44. The van der Waals surface area contributed by atoms with Gasteiger partial charge in [0.2, 0.25) is 5.91 Å². The fraction of sp³-hybridized carbons (Fsp3) is 0.812. The van der Waals surface area contributed by atoms with Gasteiger partial charge >= 0.3 is 0 Å². The molecule has 0 radical (unpaired) electrons. The zero-order valence-corrected chi connectivity index (χ0v) is 13.5. The van der Waals surface area contributed by atoms with E-state index >= 15 is 0 Å². The number of amides is 1. The number of aromatic nitrogens is 3. The van der Waals surface area contributed by atoms with Gasteiger partial charge < -0.3 is 9.80 Å². The van der Waals surface area contributed by atoms with Gasteiger partial charge in [0.1, 0.15) is 5.82 Å². The molecular weight excluding hydrogens is 278 g/mol. The average molecular weight is 303 g/mol. The number of fused-ring (bicyclic) bond motifs is 1. The Balaban J connectivity index is 1.60. The molecule has 1 amide bonds. The molecule has 3 aliphatic rings. The number of likely N-dealkylation sites (tertiary alicyclic amines) is 2. The van der Waals surface area contributed by atoms with Gasteiger partial charge in [-0.15, -0.1) is 0 Å². The molecule has 1 aromatic rings.